The Labute approximate surface area is 166 Å². The molecule has 2 unspecified atom stereocenters. The van der Waals surface area contributed by atoms with Gasteiger partial charge in [-0.3, -0.25) is 4.99 Å². The molecule has 2 N–H and O–H groups in total. The second-order valence-electron chi connectivity index (χ2n) is 6.73. The third-order valence-corrected chi connectivity index (χ3v) is 6.12. The van der Waals surface area contributed by atoms with Gasteiger partial charge in [-0.05, 0) is 38.5 Å². The number of nitrogens with one attached hydrogen (secondary N) is 1. The van der Waals surface area contributed by atoms with E-state index in [9.17, 15) is 5.11 Å². The summed E-state index contributed by atoms with van der Waals surface area (Å²) in [6, 6.07) is 0. The molecule has 1 saturated carbocycles. The van der Waals surface area contributed by atoms with E-state index in [-0.39, 0.29) is 30.1 Å². The molecule has 1 fully saturated rings. The van der Waals surface area contributed by atoms with Crippen molar-refractivity contribution in [2.75, 3.05) is 20.6 Å². The van der Waals surface area contributed by atoms with Crippen LogP contribution in [-0.4, -0.2) is 47.7 Å². The fourth-order valence-electron chi connectivity index (χ4n) is 3.61. The van der Waals surface area contributed by atoms with Crippen LogP contribution < -0.4 is 5.32 Å². The smallest absolute Gasteiger partial charge is 0.193 e. The fraction of sp³-hybridized carbons (Fsp3) is 0.765. The normalized spacial score (nSPS) is 23.5. The summed E-state index contributed by atoms with van der Waals surface area (Å²) in [7, 11) is 3.87. The van der Waals surface area contributed by atoms with E-state index < -0.39 is 0 Å². The number of thiazole rings is 1. The second-order valence-corrected chi connectivity index (χ2v) is 7.90. The molecule has 1 heterocycles. The highest BCUT2D eigenvalue weighted by atomic mass is 127. The lowest BCUT2D eigenvalue weighted by atomic mass is 10.0. The van der Waals surface area contributed by atoms with Crippen LogP contribution in [0.3, 0.4) is 0 Å². The van der Waals surface area contributed by atoms with Crippen LogP contribution in [0.1, 0.15) is 47.7 Å². The molecule has 0 spiro atoms. The number of nitrogens with zero attached hydrogens (tertiary/aromatic N) is 3. The molecule has 0 bridgehead atoms. The zero-order chi connectivity index (χ0) is 16.2. The lowest BCUT2D eigenvalue weighted by Gasteiger charge is -2.23. The lowest BCUT2D eigenvalue weighted by Crippen LogP contribution is -2.41. The Bertz CT molecular complexity index is 539. The predicted octanol–water partition coefficient (Wildman–Crippen LogP) is 2.81. The van der Waals surface area contributed by atoms with Gasteiger partial charge in [0.15, 0.2) is 5.96 Å². The summed E-state index contributed by atoms with van der Waals surface area (Å²) in [5.74, 6) is 1.24. The van der Waals surface area contributed by atoms with Gasteiger partial charge in [0, 0.05) is 31.4 Å². The molecule has 2 atom stereocenters. The topological polar surface area (TPSA) is 60.8 Å². The van der Waals surface area contributed by atoms with Crippen molar-refractivity contribution in [3.63, 3.8) is 0 Å². The van der Waals surface area contributed by atoms with E-state index >= 15 is 0 Å². The van der Waals surface area contributed by atoms with Gasteiger partial charge >= 0.3 is 0 Å². The summed E-state index contributed by atoms with van der Waals surface area (Å²) >= 11 is 1.86. The number of aliphatic hydroxyl groups excluding tert-OH is 1. The highest BCUT2D eigenvalue weighted by Crippen LogP contribution is 2.27. The van der Waals surface area contributed by atoms with Gasteiger partial charge in [-0.2, -0.15) is 0 Å². The molecule has 1 aromatic rings. The van der Waals surface area contributed by atoms with Gasteiger partial charge in [0.05, 0.1) is 18.3 Å². The van der Waals surface area contributed by atoms with E-state index in [0.29, 0.717) is 5.92 Å². The number of aliphatic imine (C=N–C) groups is 1. The quantitative estimate of drug-likeness (QED) is 0.409. The van der Waals surface area contributed by atoms with Crippen molar-refractivity contribution in [2.24, 2.45) is 10.9 Å². The first-order valence-corrected chi connectivity index (χ1v) is 9.56. The highest BCUT2D eigenvalue weighted by molar-refractivity contribution is 14.0. The monoisotopic (exact) mass is 464 g/mol. The van der Waals surface area contributed by atoms with Crippen molar-refractivity contribution in [1.82, 2.24) is 15.2 Å². The van der Waals surface area contributed by atoms with Crippen molar-refractivity contribution < 1.29 is 5.11 Å². The average molecular weight is 464 g/mol. The number of aromatic nitrogens is 1. The summed E-state index contributed by atoms with van der Waals surface area (Å²) in [6.45, 7) is 1.59. The number of aliphatic hydroxyl groups is 1. The molecule has 136 valence electrons. The van der Waals surface area contributed by atoms with Crippen LogP contribution >= 0.6 is 35.3 Å². The molecule has 3 rings (SSSR count). The SMILES string of the molecule is CN=C(NCC1CCCC1O)N(C)Cc1nc2c(s1)CCCC2.I. The van der Waals surface area contributed by atoms with Crippen molar-refractivity contribution in [1.29, 1.82) is 0 Å². The maximum absolute atomic E-state index is 9.94. The Morgan fingerprint density at radius 3 is 2.79 bits per heavy atom. The van der Waals surface area contributed by atoms with Crippen LogP contribution in [0.25, 0.3) is 0 Å². The molecule has 0 amide bonds. The zero-order valence-corrected chi connectivity index (χ0v) is 17.8. The van der Waals surface area contributed by atoms with E-state index in [1.807, 2.05) is 18.4 Å². The van der Waals surface area contributed by atoms with Crippen molar-refractivity contribution in [3.8, 4) is 0 Å². The van der Waals surface area contributed by atoms with Crippen LogP contribution in [0, 0.1) is 5.92 Å². The molecule has 0 aliphatic heterocycles. The Balaban J connectivity index is 0.00000208. The Morgan fingerprint density at radius 1 is 1.33 bits per heavy atom. The summed E-state index contributed by atoms with van der Waals surface area (Å²) in [5, 5.41) is 14.5. The number of guanidine groups is 1. The summed E-state index contributed by atoms with van der Waals surface area (Å²) in [6.07, 6.45) is 7.94. The van der Waals surface area contributed by atoms with Crippen LogP contribution in [0.4, 0.5) is 0 Å². The maximum atomic E-state index is 9.94. The minimum Gasteiger partial charge on any atom is -0.393 e. The standard InChI is InChI=1S/C17H28N4OS.HI/c1-18-17(19-10-12-6-5-8-14(12)22)21(2)11-16-20-13-7-3-4-9-15(13)23-16;/h12,14,22H,3-11H2,1-2H3,(H,18,19);1H. The fourth-order valence-corrected chi connectivity index (χ4v) is 4.82. The highest BCUT2D eigenvalue weighted by Gasteiger charge is 2.25. The van der Waals surface area contributed by atoms with E-state index in [1.165, 1.54) is 34.8 Å². The molecule has 2 aliphatic carbocycles. The number of halogens is 1. The van der Waals surface area contributed by atoms with Gasteiger partial charge in [0.25, 0.3) is 0 Å². The molecule has 7 heteroatoms. The lowest BCUT2D eigenvalue weighted by molar-refractivity contribution is 0.134. The summed E-state index contributed by atoms with van der Waals surface area (Å²) < 4.78 is 0. The molecule has 2 aliphatic rings. The van der Waals surface area contributed by atoms with Crippen LogP contribution in [0.15, 0.2) is 4.99 Å². The van der Waals surface area contributed by atoms with Crippen LogP contribution in [-0.2, 0) is 19.4 Å². The minimum atomic E-state index is -0.156. The predicted molar refractivity (Wildman–Crippen MR) is 110 cm³/mol. The molecule has 0 saturated heterocycles. The molecular weight excluding hydrogens is 435 g/mol. The summed E-state index contributed by atoms with van der Waals surface area (Å²) in [5.41, 5.74) is 1.32. The van der Waals surface area contributed by atoms with Crippen LogP contribution in [0.2, 0.25) is 0 Å². The summed E-state index contributed by atoms with van der Waals surface area (Å²) in [4.78, 5) is 12.8. The Kier molecular flexibility index (Phi) is 7.74. The first-order chi connectivity index (χ1) is 11.2. The number of rotatable bonds is 4. The van der Waals surface area contributed by atoms with Gasteiger partial charge in [-0.1, -0.05) is 6.42 Å². The van der Waals surface area contributed by atoms with Crippen molar-refractivity contribution >= 4 is 41.3 Å². The van der Waals surface area contributed by atoms with E-state index in [2.05, 4.69) is 22.3 Å². The van der Waals surface area contributed by atoms with E-state index in [1.54, 1.807) is 0 Å². The maximum Gasteiger partial charge on any atom is 0.193 e. The number of hydrogen-bond donors (Lipinski definition) is 2. The number of hydrogen-bond acceptors (Lipinski definition) is 4. The minimum absolute atomic E-state index is 0. The first-order valence-electron chi connectivity index (χ1n) is 8.74. The van der Waals surface area contributed by atoms with Gasteiger partial charge < -0.3 is 15.3 Å². The van der Waals surface area contributed by atoms with Gasteiger partial charge in [-0.25, -0.2) is 4.98 Å². The molecule has 5 nitrogen and oxygen atoms in total. The molecule has 1 aromatic heterocycles. The van der Waals surface area contributed by atoms with Gasteiger partial charge in [-0.15, -0.1) is 35.3 Å². The molecule has 24 heavy (non-hydrogen) atoms. The Morgan fingerprint density at radius 2 is 2.12 bits per heavy atom. The Hall–Kier alpha value is -0.410. The van der Waals surface area contributed by atoms with Gasteiger partial charge in [0.2, 0.25) is 0 Å². The number of fused-ring (bicyclic) bond motifs is 1. The molecule has 0 radical (unpaired) electrons. The third kappa shape index (κ3) is 4.82. The largest absolute Gasteiger partial charge is 0.393 e. The van der Waals surface area contributed by atoms with E-state index in [4.69, 9.17) is 4.98 Å². The molecular formula is C17H29IN4OS. The second kappa shape index (κ2) is 9.33. The number of aryl methyl sites for hydroxylation is 2. The van der Waals surface area contributed by atoms with Crippen molar-refractivity contribution in [3.05, 3.63) is 15.6 Å². The van der Waals surface area contributed by atoms with E-state index in [0.717, 1.165) is 44.7 Å². The average Bonchev–Trinajstić information content (AvgIpc) is 3.13. The van der Waals surface area contributed by atoms with Gasteiger partial charge in [0.1, 0.15) is 5.01 Å². The zero-order valence-electron chi connectivity index (χ0n) is 14.6. The molecule has 0 aromatic carbocycles. The first kappa shape index (κ1) is 19.9. The van der Waals surface area contributed by atoms with Crippen molar-refractivity contribution in [2.45, 2.75) is 57.6 Å². The third-order valence-electron chi connectivity index (χ3n) is 4.98. The van der Waals surface area contributed by atoms with Crippen LogP contribution in [0.5, 0.6) is 0 Å².